The molecule has 0 bridgehead atoms. The number of anilines is 1. The van der Waals surface area contributed by atoms with Gasteiger partial charge in [-0.1, -0.05) is 12.1 Å². The van der Waals surface area contributed by atoms with Gasteiger partial charge in [0.15, 0.2) is 0 Å². The second-order valence-corrected chi connectivity index (χ2v) is 6.84. The molecule has 1 aliphatic rings. The van der Waals surface area contributed by atoms with E-state index < -0.39 is 0 Å². The first-order chi connectivity index (χ1) is 9.51. The fourth-order valence-electron chi connectivity index (χ4n) is 2.58. The van der Waals surface area contributed by atoms with Crippen molar-refractivity contribution in [2.24, 2.45) is 0 Å². The van der Waals surface area contributed by atoms with Gasteiger partial charge in [-0.2, -0.15) is 0 Å². The number of hydrogen-bond donors (Lipinski definition) is 1. The van der Waals surface area contributed by atoms with E-state index >= 15 is 0 Å². The third-order valence-electron chi connectivity index (χ3n) is 4.13. The molecule has 4 heteroatoms. The third kappa shape index (κ3) is 2.24. The Balaban J connectivity index is 1.81. The van der Waals surface area contributed by atoms with Crippen LogP contribution in [0.15, 0.2) is 24.3 Å². The fourth-order valence-corrected chi connectivity index (χ4v) is 3.51. The molecule has 0 saturated heterocycles. The Morgan fingerprint density at radius 2 is 1.95 bits per heavy atom. The van der Waals surface area contributed by atoms with Crippen LogP contribution in [0.4, 0.5) is 5.69 Å². The Bertz CT molecular complexity index is 634. The van der Waals surface area contributed by atoms with Crippen molar-refractivity contribution in [1.82, 2.24) is 4.98 Å². The van der Waals surface area contributed by atoms with Gasteiger partial charge in [-0.3, -0.25) is 4.79 Å². The predicted octanol–water partition coefficient (Wildman–Crippen LogP) is 3.19. The molecule has 1 aromatic heterocycles. The SMILES string of the molecule is Cc1nc(CC(=O)C2(c3ccc(N)cc3)CC2)sc1C. The van der Waals surface area contributed by atoms with Gasteiger partial charge in [-0.05, 0) is 44.4 Å². The predicted molar refractivity (Wildman–Crippen MR) is 82.1 cm³/mol. The van der Waals surface area contributed by atoms with Crippen molar-refractivity contribution >= 4 is 22.8 Å². The molecule has 1 heterocycles. The maximum absolute atomic E-state index is 12.6. The zero-order valence-corrected chi connectivity index (χ0v) is 12.6. The maximum atomic E-state index is 12.6. The van der Waals surface area contributed by atoms with E-state index in [4.69, 9.17) is 5.73 Å². The van der Waals surface area contributed by atoms with Crippen molar-refractivity contribution in [2.75, 3.05) is 5.73 Å². The Kier molecular flexibility index (Phi) is 3.13. The summed E-state index contributed by atoms with van der Waals surface area (Å²) in [7, 11) is 0. The monoisotopic (exact) mass is 286 g/mol. The molecule has 104 valence electrons. The Morgan fingerprint density at radius 1 is 1.30 bits per heavy atom. The summed E-state index contributed by atoms with van der Waals surface area (Å²) in [5.41, 5.74) is 8.31. The van der Waals surface area contributed by atoms with E-state index in [0.29, 0.717) is 6.42 Å². The largest absolute Gasteiger partial charge is 0.399 e. The summed E-state index contributed by atoms with van der Waals surface area (Å²) >= 11 is 1.63. The van der Waals surface area contributed by atoms with Gasteiger partial charge in [0.05, 0.1) is 17.5 Å². The van der Waals surface area contributed by atoms with E-state index in [0.717, 1.165) is 34.8 Å². The summed E-state index contributed by atoms with van der Waals surface area (Å²) in [5, 5.41) is 0.937. The Labute approximate surface area is 122 Å². The molecule has 2 N–H and O–H groups in total. The van der Waals surface area contributed by atoms with Gasteiger partial charge in [0.2, 0.25) is 0 Å². The summed E-state index contributed by atoms with van der Waals surface area (Å²) in [4.78, 5) is 18.3. The number of rotatable bonds is 4. The number of nitrogens with two attached hydrogens (primary N) is 1. The number of thiazole rings is 1. The van der Waals surface area contributed by atoms with Gasteiger partial charge in [-0.15, -0.1) is 11.3 Å². The first-order valence-electron chi connectivity index (χ1n) is 6.83. The summed E-state index contributed by atoms with van der Waals surface area (Å²) < 4.78 is 0. The van der Waals surface area contributed by atoms with Gasteiger partial charge in [0, 0.05) is 10.6 Å². The zero-order chi connectivity index (χ0) is 14.3. The lowest BCUT2D eigenvalue weighted by Crippen LogP contribution is -2.22. The van der Waals surface area contributed by atoms with E-state index in [9.17, 15) is 4.79 Å². The summed E-state index contributed by atoms with van der Waals surface area (Å²) in [6, 6.07) is 7.72. The number of nitrogens with zero attached hydrogens (tertiary/aromatic N) is 1. The highest BCUT2D eigenvalue weighted by molar-refractivity contribution is 7.11. The standard InChI is InChI=1S/C16H18N2OS/c1-10-11(2)20-15(18-10)9-14(19)16(7-8-16)12-3-5-13(17)6-4-12/h3-6H,7-9,17H2,1-2H3. The maximum Gasteiger partial charge on any atom is 0.150 e. The number of aryl methyl sites for hydroxylation is 2. The van der Waals surface area contributed by atoms with Gasteiger partial charge >= 0.3 is 0 Å². The number of benzene rings is 1. The van der Waals surface area contributed by atoms with Crippen molar-refractivity contribution in [2.45, 2.75) is 38.5 Å². The zero-order valence-electron chi connectivity index (χ0n) is 11.8. The number of ketones is 1. The molecule has 0 amide bonds. The molecule has 1 saturated carbocycles. The van der Waals surface area contributed by atoms with Crippen LogP contribution in [-0.4, -0.2) is 10.8 Å². The molecule has 1 fully saturated rings. The molecule has 0 spiro atoms. The molecule has 20 heavy (non-hydrogen) atoms. The van der Waals surface area contributed by atoms with Crippen molar-refractivity contribution in [3.8, 4) is 0 Å². The van der Waals surface area contributed by atoms with E-state index in [1.54, 1.807) is 11.3 Å². The number of hydrogen-bond acceptors (Lipinski definition) is 4. The molecule has 1 aliphatic carbocycles. The normalized spacial score (nSPS) is 16.1. The van der Waals surface area contributed by atoms with E-state index in [2.05, 4.69) is 4.98 Å². The number of Topliss-reactive ketones (excluding diaryl/α,β-unsaturated/α-hetero) is 1. The Morgan fingerprint density at radius 3 is 2.45 bits per heavy atom. The van der Waals surface area contributed by atoms with Gasteiger partial charge in [0.25, 0.3) is 0 Å². The van der Waals surface area contributed by atoms with Crippen molar-refractivity contribution in [3.63, 3.8) is 0 Å². The summed E-state index contributed by atoms with van der Waals surface area (Å²) in [5.74, 6) is 0.288. The molecule has 3 nitrogen and oxygen atoms in total. The average Bonchev–Trinajstić information content (AvgIpc) is 3.15. The highest BCUT2D eigenvalue weighted by Gasteiger charge is 2.50. The summed E-state index contributed by atoms with van der Waals surface area (Å²) in [6.07, 6.45) is 2.34. The number of carbonyl (C=O) groups excluding carboxylic acids is 1. The van der Waals surface area contributed by atoms with Crippen molar-refractivity contribution in [3.05, 3.63) is 45.4 Å². The number of aromatic nitrogens is 1. The van der Waals surface area contributed by atoms with Gasteiger partial charge < -0.3 is 5.73 Å². The first kappa shape index (κ1) is 13.3. The van der Waals surface area contributed by atoms with Crippen LogP contribution in [0.25, 0.3) is 0 Å². The van der Waals surface area contributed by atoms with Crippen LogP contribution in [0.5, 0.6) is 0 Å². The molecule has 1 aromatic carbocycles. The molecule has 0 radical (unpaired) electrons. The quantitative estimate of drug-likeness (QED) is 0.878. The fraction of sp³-hybridized carbons (Fsp3) is 0.375. The minimum atomic E-state index is -0.277. The van der Waals surface area contributed by atoms with Crippen molar-refractivity contribution in [1.29, 1.82) is 0 Å². The second kappa shape index (κ2) is 4.70. The minimum Gasteiger partial charge on any atom is -0.399 e. The molecule has 0 unspecified atom stereocenters. The highest BCUT2D eigenvalue weighted by Crippen LogP contribution is 2.49. The molecule has 0 atom stereocenters. The number of carbonyl (C=O) groups is 1. The van der Waals surface area contributed by atoms with Crippen LogP contribution in [0.2, 0.25) is 0 Å². The Hall–Kier alpha value is -1.68. The van der Waals surface area contributed by atoms with Gasteiger partial charge in [0.1, 0.15) is 10.8 Å². The highest BCUT2D eigenvalue weighted by atomic mass is 32.1. The van der Waals surface area contributed by atoms with Crippen LogP contribution in [0, 0.1) is 13.8 Å². The molecular weight excluding hydrogens is 268 g/mol. The summed E-state index contributed by atoms with van der Waals surface area (Å²) in [6.45, 7) is 4.04. The molecule has 2 aromatic rings. The van der Waals surface area contributed by atoms with E-state index in [1.165, 1.54) is 4.88 Å². The lowest BCUT2D eigenvalue weighted by molar-refractivity contribution is -0.120. The topological polar surface area (TPSA) is 56.0 Å². The van der Waals surface area contributed by atoms with Crippen LogP contribution in [0.3, 0.4) is 0 Å². The lowest BCUT2D eigenvalue weighted by Gasteiger charge is -2.14. The van der Waals surface area contributed by atoms with Crippen LogP contribution >= 0.6 is 11.3 Å². The van der Waals surface area contributed by atoms with E-state index in [1.807, 2.05) is 38.1 Å². The van der Waals surface area contributed by atoms with Gasteiger partial charge in [-0.25, -0.2) is 4.98 Å². The lowest BCUT2D eigenvalue weighted by atomic mass is 9.89. The van der Waals surface area contributed by atoms with Crippen LogP contribution < -0.4 is 5.73 Å². The minimum absolute atomic E-state index is 0.277. The number of nitrogen functional groups attached to an aromatic ring is 1. The van der Waals surface area contributed by atoms with Crippen LogP contribution in [-0.2, 0) is 16.6 Å². The molecular formula is C16H18N2OS. The van der Waals surface area contributed by atoms with Crippen molar-refractivity contribution < 1.29 is 4.79 Å². The van der Waals surface area contributed by atoms with E-state index in [-0.39, 0.29) is 11.2 Å². The smallest absolute Gasteiger partial charge is 0.150 e. The third-order valence-corrected chi connectivity index (χ3v) is 5.20. The molecule has 0 aliphatic heterocycles. The molecule has 3 rings (SSSR count). The first-order valence-corrected chi connectivity index (χ1v) is 7.65. The average molecular weight is 286 g/mol. The van der Waals surface area contributed by atoms with Crippen LogP contribution in [0.1, 0.15) is 34.0 Å². The second-order valence-electron chi connectivity index (χ2n) is 5.55.